The number of amides is 1. The lowest BCUT2D eigenvalue weighted by atomic mass is 10.1. The normalized spacial score (nSPS) is 10.8. The third-order valence-electron chi connectivity index (χ3n) is 4.12. The van der Waals surface area contributed by atoms with E-state index in [1.54, 1.807) is 4.68 Å². The topological polar surface area (TPSA) is 59.8 Å². The van der Waals surface area contributed by atoms with Crippen molar-refractivity contribution in [3.8, 4) is 16.4 Å². The van der Waals surface area contributed by atoms with E-state index in [0.717, 1.165) is 22.5 Å². The van der Waals surface area contributed by atoms with Gasteiger partial charge in [-0.1, -0.05) is 54.1 Å². The van der Waals surface area contributed by atoms with E-state index < -0.39 is 0 Å². The zero-order valence-corrected chi connectivity index (χ0v) is 16.7. The fourth-order valence-corrected chi connectivity index (χ4v) is 3.74. The lowest BCUT2D eigenvalue weighted by Crippen LogP contribution is -2.17. The number of carbonyl (C=O) groups is 1. The summed E-state index contributed by atoms with van der Waals surface area (Å²) in [4.78, 5) is 17.1. The molecule has 0 saturated carbocycles. The van der Waals surface area contributed by atoms with Crippen molar-refractivity contribution >= 4 is 34.7 Å². The van der Waals surface area contributed by atoms with E-state index in [1.807, 2.05) is 73.0 Å². The number of hydrogen-bond donors (Lipinski definition) is 1. The summed E-state index contributed by atoms with van der Waals surface area (Å²) in [5, 5.41) is 10.8. The van der Waals surface area contributed by atoms with Crippen LogP contribution in [0.15, 0.2) is 66.0 Å². The van der Waals surface area contributed by atoms with E-state index in [9.17, 15) is 4.79 Å². The Morgan fingerprint density at radius 1 is 1.14 bits per heavy atom. The smallest absolute Gasteiger partial charge is 0.229 e. The van der Waals surface area contributed by atoms with E-state index in [4.69, 9.17) is 11.6 Å². The molecule has 7 heteroatoms. The molecule has 0 atom stereocenters. The summed E-state index contributed by atoms with van der Waals surface area (Å²) in [5.41, 5.74) is 3.58. The van der Waals surface area contributed by atoms with Crippen LogP contribution >= 0.6 is 22.9 Å². The van der Waals surface area contributed by atoms with Gasteiger partial charge in [-0.15, -0.1) is 11.3 Å². The molecule has 28 heavy (non-hydrogen) atoms. The molecule has 5 nitrogen and oxygen atoms in total. The Labute approximate surface area is 171 Å². The Bertz CT molecular complexity index is 1100. The largest absolute Gasteiger partial charge is 0.310 e. The fraction of sp³-hybridized carbons (Fsp3) is 0.0952. The minimum atomic E-state index is -0.0955. The number of nitrogens with zero attached hydrogens (tertiary/aromatic N) is 3. The van der Waals surface area contributed by atoms with Gasteiger partial charge in [-0.3, -0.25) is 4.79 Å². The maximum Gasteiger partial charge on any atom is 0.229 e. The Morgan fingerprint density at radius 3 is 2.64 bits per heavy atom. The van der Waals surface area contributed by atoms with E-state index in [0.29, 0.717) is 22.4 Å². The van der Waals surface area contributed by atoms with Gasteiger partial charge in [-0.2, -0.15) is 9.78 Å². The SMILES string of the molecule is Cc1cc(NC(=O)Cc2ccccc2)n(-c2nc(-c3ccc(Cl)cc3)cs2)n1. The third-order valence-corrected chi connectivity index (χ3v) is 5.19. The van der Waals surface area contributed by atoms with Crippen LogP contribution in [0.25, 0.3) is 16.4 Å². The predicted molar refractivity (Wildman–Crippen MR) is 113 cm³/mol. The van der Waals surface area contributed by atoms with Crippen LogP contribution < -0.4 is 5.32 Å². The summed E-state index contributed by atoms with van der Waals surface area (Å²) in [6.07, 6.45) is 0.305. The molecule has 2 aromatic carbocycles. The van der Waals surface area contributed by atoms with Crippen molar-refractivity contribution in [2.45, 2.75) is 13.3 Å². The van der Waals surface area contributed by atoms with Crippen LogP contribution in [0, 0.1) is 6.92 Å². The van der Waals surface area contributed by atoms with E-state index in [-0.39, 0.29) is 5.91 Å². The summed E-state index contributed by atoms with van der Waals surface area (Å²) in [6, 6.07) is 19.0. The second-order valence-corrected chi connectivity index (χ2v) is 7.59. The molecule has 0 spiro atoms. The number of aryl methyl sites for hydroxylation is 1. The Balaban J connectivity index is 1.56. The van der Waals surface area contributed by atoms with Gasteiger partial charge in [0, 0.05) is 22.0 Å². The van der Waals surface area contributed by atoms with Crippen molar-refractivity contribution in [1.29, 1.82) is 0 Å². The molecule has 0 fully saturated rings. The molecule has 1 N–H and O–H groups in total. The number of rotatable bonds is 5. The highest BCUT2D eigenvalue weighted by Gasteiger charge is 2.14. The summed E-state index contributed by atoms with van der Waals surface area (Å²) in [5.74, 6) is 0.511. The molecule has 1 amide bonds. The molecule has 0 bridgehead atoms. The second kappa shape index (κ2) is 7.96. The van der Waals surface area contributed by atoms with E-state index in [2.05, 4.69) is 15.4 Å². The summed E-state index contributed by atoms with van der Waals surface area (Å²) < 4.78 is 1.67. The number of nitrogens with one attached hydrogen (secondary N) is 1. The number of thiazole rings is 1. The van der Waals surface area contributed by atoms with Crippen LogP contribution in [-0.2, 0) is 11.2 Å². The van der Waals surface area contributed by atoms with Crippen molar-refractivity contribution in [2.75, 3.05) is 5.32 Å². The van der Waals surface area contributed by atoms with Gasteiger partial charge in [0.1, 0.15) is 5.82 Å². The monoisotopic (exact) mass is 408 g/mol. The Hall–Kier alpha value is -2.96. The van der Waals surface area contributed by atoms with Crippen molar-refractivity contribution < 1.29 is 4.79 Å². The number of benzene rings is 2. The van der Waals surface area contributed by atoms with Gasteiger partial charge in [0.05, 0.1) is 17.8 Å². The van der Waals surface area contributed by atoms with Gasteiger partial charge in [0.15, 0.2) is 0 Å². The van der Waals surface area contributed by atoms with Gasteiger partial charge in [0.2, 0.25) is 11.0 Å². The van der Waals surface area contributed by atoms with E-state index in [1.165, 1.54) is 11.3 Å². The van der Waals surface area contributed by atoms with Gasteiger partial charge < -0.3 is 5.32 Å². The van der Waals surface area contributed by atoms with E-state index >= 15 is 0 Å². The molecular formula is C21H17ClN4OS. The molecular weight excluding hydrogens is 392 g/mol. The average molecular weight is 409 g/mol. The molecule has 4 rings (SSSR count). The maximum absolute atomic E-state index is 12.5. The van der Waals surface area contributed by atoms with Crippen molar-refractivity contribution in [1.82, 2.24) is 14.8 Å². The minimum absolute atomic E-state index is 0.0955. The lowest BCUT2D eigenvalue weighted by Gasteiger charge is -2.06. The lowest BCUT2D eigenvalue weighted by molar-refractivity contribution is -0.115. The molecule has 0 unspecified atom stereocenters. The molecule has 2 heterocycles. The zero-order chi connectivity index (χ0) is 19.5. The predicted octanol–water partition coefficient (Wildman–Crippen LogP) is 5.14. The maximum atomic E-state index is 12.5. The van der Waals surface area contributed by atoms with Crippen LogP contribution in [0.4, 0.5) is 5.82 Å². The van der Waals surface area contributed by atoms with Gasteiger partial charge in [-0.05, 0) is 24.6 Å². The standard InChI is InChI=1S/C21H17ClN4OS/c1-14-11-19(24-20(27)12-15-5-3-2-4-6-15)26(25-14)21-23-18(13-28-21)16-7-9-17(22)10-8-16/h2-11,13H,12H2,1H3,(H,24,27). The molecule has 0 aliphatic rings. The van der Waals surface area contributed by atoms with Crippen LogP contribution in [0.2, 0.25) is 5.02 Å². The molecule has 0 radical (unpaired) electrons. The highest BCUT2D eigenvalue weighted by molar-refractivity contribution is 7.12. The first-order valence-corrected chi connectivity index (χ1v) is 9.96. The molecule has 2 aromatic heterocycles. The quantitative estimate of drug-likeness (QED) is 0.497. The summed E-state index contributed by atoms with van der Waals surface area (Å²) in [6.45, 7) is 1.89. The van der Waals surface area contributed by atoms with Crippen molar-refractivity contribution in [2.24, 2.45) is 0 Å². The summed E-state index contributed by atoms with van der Waals surface area (Å²) >= 11 is 7.42. The van der Waals surface area contributed by atoms with Crippen molar-refractivity contribution in [3.63, 3.8) is 0 Å². The molecule has 0 saturated heterocycles. The molecule has 140 valence electrons. The number of anilines is 1. The minimum Gasteiger partial charge on any atom is -0.310 e. The van der Waals surface area contributed by atoms with Crippen LogP contribution in [0.1, 0.15) is 11.3 Å². The third kappa shape index (κ3) is 4.13. The number of carbonyl (C=O) groups excluding carboxylic acids is 1. The highest BCUT2D eigenvalue weighted by Crippen LogP contribution is 2.27. The van der Waals surface area contributed by atoms with Gasteiger partial charge >= 0.3 is 0 Å². The average Bonchev–Trinajstić information content (AvgIpc) is 3.30. The highest BCUT2D eigenvalue weighted by atomic mass is 35.5. The number of aromatic nitrogens is 3. The second-order valence-electron chi connectivity index (χ2n) is 6.32. The zero-order valence-electron chi connectivity index (χ0n) is 15.1. The Kier molecular flexibility index (Phi) is 5.23. The molecule has 4 aromatic rings. The number of halogens is 1. The Morgan fingerprint density at radius 2 is 1.89 bits per heavy atom. The van der Waals surface area contributed by atoms with Crippen LogP contribution in [0.5, 0.6) is 0 Å². The van der Waals surface area contributed by atoms with Crippen LogP contribution in [0.3, 0.4) is 0 Å². The first kappa shape index (κ1) is 18.4. The summed E-state index contributed by atoms with van der Waals surface area (Å²) in [7, 11) is 0. The van der Waals surface area contributed by atoms with Gasteiger partial charge in [0.25, 0.3) is 0 Å². The first-order chi connectivity index (χ1) is 13.6. The van der Waals surface area contributed by atoms with Crippen LogP contribution in [-0.4, -0.2) is 20.7 Å². The molecule has 0 aliphatic heterocycles. The fourth-order valence-electron chi connectivity index (χ4n) is 2.82. The van der Waals surface area contributed by atoms with Gasteiger partial charge in [-0.25, -0.2) is 4.98 Å². The number of hydrogen-bond acceptors (Lipinski definition) is 4. The first-order valence-electron chi connectivity index (χ1n) is 8.71. The molecule has 0 aliphatic carbocycles. The van der Waals surface area contributed by atoms with Crippen molar-refractivity contribution in [3.05, 3.63) is 82.3 Å².